The van der Waals surface area contributed by atoms with E-state index in [1.165, 1.54) is 17.7 Å². The highest BCUT2D eigenvalue weighted by Crippen LogP contribution is 2.37. The largest absolute Gasteiger partial charge is 0.392 e. The van der Waals surface area contributed by atoms with E-state index < -0.39 is 11.5 Å². The van der Waals surface area contributed by atoms with E-state index in [4.69, 9.17) is 0 Å². The smallest absolute Gasteiger partial charge is 0.236 e. The van der Waals surface area contributed by atoms with Crippen LogP contribution in [0, 0.1) is 11.2 Å². The lowest BCUT2D eigenvalue weighted by Gasteiger charge is -2.34. The zero-order chi connectivity index (χ0) is 33.3. The summed E-state index contributed by atoms with van der Waals surface area (Å²) < 4.78 is 13.5. The molecule has 10 nitrogen and oxygen atoms in total. The molecule has 246 valence electrons. The Balaban J connectivity index is 0.957. The van der Waals surface area contributed by atoms with Gasteiger partial charge in [-0.1, -0.05) is 24.3 Å². The van der Waals surface area contributed by atoms with Crippen molar-refractivity contribution in [3.63, 3.8) is 0 Å². The van der Waals surface area contributed by atoms with Crippen LogP contribution in [0.3, 0.4) is 0 Å². The number of fused-ring (bicyclic) bond motifs is 1. The number of halogens is 1. The van der Waals surface area contributed by atoms with Crippen molar-refractivity contribution in [2.24, 2.45) is 5.41 Å². The quantitative estimate of drug-likeness (QED) is 0.210. The number of aromatic amines is 1. The van der Waals surface area contributed by atoms with Crippen molar-refractivity contribution in [1.29, 1.82) is 0 Å². The molecule has 11 heteroatoms. The number of rotatable bonds is 8. The van der Waals surface area contributed by atoms with E-state index in [2.05, 4.69) is 49.7 Å². The van der Waals surface area contributed by atoms with E-state index in [-0.39, 0.29) is 30.7 Å². The predicted molar refractivity (Wildman–Crippen MR) is 181 cm³/mol. The highest BCUT2D eigenvalue weighted by atomic mass is 19.1. The normalized spacial score (nSPS) is 19.4. The summed E-state index contributed by atoms with van der Waals surface area (Å²) in [4.78, 5) is 39.7. The van der Waals surface area contributed by atoms with Crippen LogP contribution >= 0.6 is 0 Å². The van der Waals surface area contributed by atoms with Crippen LogP contribution in [-0.4, -0.2) is 85.7 Å². The molecule has 2 unspecified atom stereocenters. The Morgan fingerprint density at radius 3 is 2.42 bits per heavy atom. The van der Waals surface area contributed by atoms with Crippen LogP contribution in [0.5, 0.6) is 0 Å². The maximum absolute atomic E-state index is 13.8. The van der Waals surface area contributed by atoms with E-state index in [9.17, 15) is 19.1 Å². The van der Waals surface area contributed by atoms with Crippen molar-refractivity contribution >= 4 is 28.4 Å². The molecule has 2 aliphatic heterocycles. The van der Waals surface area contributed by atoms with Crippen molar-refractivity contribution < 1.29 is 19.1 Å². The summed E-state index contributed by atoms with van der Waals surface area (Å²) in [6.45, 7) is 4.03. The van der Waals surface area contributed by atoms with Crippen LogP contribution in [0.1, 0.15) is 37.7 Å². The molecule has 3 N–H and O–H groups in total. The van der Waals surface area contributed by atoms with Gasteiger partial charge in [-0.05, 0) is 92.7 Å². The Morgan fingerprint density at radius 1 is 1.00 bits per heavy atom. The zero-order valence-electron chi connectivity index (χ0n) is 26.8. The first-order chi connectivity index (χ1) is 23.3. The van der Waals surface area contributed by atoms with Gasteiger partial charge in [0, 0.05) is 54.2 Å². The zero-order valence-corrected chi connectivity index (χ0v) is 26.8. The lowest BCUT2D eigenvalue weighted by atomic mass is 9.80. The Labute approximate surface area is 278 Å². The number of aliphatic hydroxyl groups is 1. The third-order valence-electron chi connectivity index (χ3n) is 9.98. The van der Waals surface area contributed by atoms with Crippen molar-refractivity contribution in [2.45, 2.75) is 38.2 Å². The summed E-state index contributed by atoms with van der Waals surface area (Å²) in [6.07, 6.45) is 4.76. The van der Waals surface area contributed by atoms with Crippen molar-refractivity contribution in [2.75, 3.05) is 38.0 Å². The number of carbonyl (C=O) groups excluding carboxylic acids is 2. The molecule has 2 aliphatic rings. The number of aromatic nitrogens is 4. The summed E-state index contributed by atoms with van der Waals surface area (Å²) in [7, 11) is 0. The Kier molecular flexibility index (Phi) is 8.72. The van der Waals surface area contributed by atoms with E-state index in [0.717, 1.165) is 34.9 Å². The molecule has 2 amide bonds. The van der Waals surface area contributed by atoms with Crippen LogP contribution in [0.2, 0.25) is 0 Å². The number of H-pyrrole nitrogens is 1. The highest BCUT2D eigenvalue weighted by Gasteiger charge is 2.49. The monoisotopic (exact) mass is 647 g/mol. The minimum Gasteiger partial charge on any atom is -0.392 e. The van der Waals surface area contributed by atoms with Gasteiger partial charge in [-0.15, -0.1) is 0 Å². The molecule has 7 rings (SSSR count). The number of likely N-dealkylation sites (tertiary alicyclic amines) is 2. The van der Waals surface area contributed by atoms with E-state index in [1.807, 2.05) is 21.9 Å². The number of carbonyl (C=O) groups is 2. The van der Waals surface area contributed by atoms with Crippen molar-refractivity contribution in [3.05, 3.63) is 96.6 Å². The van der Waals surface area contributed by atoms with Gasteiger partial charge in [-0.25, -0.2) is 14.4 Å². The molecule has 5 aromatic rings. The molecule has 4 heterocycles. The summed E-state index contributed by atoms with van der Waals surface area (Å²) >= 11 is 0. The lowest BCUT2D eigenvalue weighted by molar-refractivity contribution is -0.135. The van der Waals surface area contributed by atoms with Gasteiger partial charge >= 0.3 is 0 Å². The number of hydrogen-bond acceptors (Lipinski definition) is 7. The molecular formula is C37H38FN7O3. The Bertz CT molecular complexity index is 1910. The van der Waals surface area contributed by atoms with Crippen LogP contribution in [0.15, 0.2) is 85.2 Å². The average molecular weight is 648 g/mol. The minimum atomic E-state index is -1.06. The molecule has 0 spiro atoms. The first-order valence-electron chi connectivity index (χ1n) is 16.4. The molecule has 2 saturated heterocycles. The second kappa shape index (κ2) is 13.2. The maximum atomic E-state index is 13.8. The van der Waals surface area contributed by atoms with Crippen LogP contribution in [-0.2, 0) is 9.59 Å². The molecule has 2 atom stereocenters. The lowest BCUT2D eigenvalue weighted by Crippen LogP contribution is -2.48. The minimum absolute atomic E-state index is 0.0468. The molecule has 0 bridgehead atoms. The van der Waals surface area contributed by atoms with E-state index >= 15 is 0 Å². The topological polar surface area (TPSA) is 127 Å². The number of anilines is 1. The second-order valence-corrected chi connectivity index (χ2v) is 12.9. The van der Waals surface area contributed by atoms with Crippen LogP contribution in [0.4, 0.5) is 10.1 Å². The molecule has 3 aromatic carbocycles. The fourth-order valence-corrected chi connectivity index (χ4v) is 7.05. The molecular weight excluding hydrogens is 609 g/mol. The predicted octanol–water partition coefficient (Wildman–Crippen LogP) is 5.24. The highest BCUT2D eigenvalue weighted by molar-refractivity contribution is 6.00. The maximum Gasteiger partial charge on any atom is 0.236 e. The number of amides is 2. The first-order valence-corrected chi connectivity index (χ1v) is 16.4. The SMILES string of the molecule is CC(O)C1(C(=O)Nc2ccc3[nH]nc(-c4ccc(F)cc4)c3c2)CCN(CC(=O)N2CCC(c3ccc(-c4ncccn4)cc3)CC2)C1. The summed E-state index contributed by atoms with van der Waals surface area (Å²) in [5.74, 6) is 0.516. The fraction of sp³-hybridized carbons (Fsp3) is 0.324. The average Bonchev–Trinajstić information content (AvgIpc) is 3.74. The molecule has 2 aromatic heterocycles. The third kappa shape index (κ3) is 6.31. The summed E-state index contributed by atoms with van der Waals surface area (Å²) in [5, 5.41) is 22.1. The van der Waals surface area contributed by atoms with Gasteiger partial charge in [-0.3, -0.25) is 19.6 Å². The van der Waals surface area contributed by atoms with Crippen molar-refractivity contribution in [1.82, 2.24) is 30.0 Å². The number of aliphatic hydroxyl groups excluding tert-OH is 1. The number of nitrogens with zero attached hydrogens (tertiary/aromatic N) is 5. The van der Waals surface area contributed by atoms with Gasteiger partial charge in [0.25, 0.3) is 0 Å². The van der Waals surface area contributed by atoms with Gasteiger partial charge < -0.3 is 15.3 Å². The van der Waals surface area contributed by atoms with Crippen molar-refractivity contribution in [3.8, 4) is 22.6 Å². The molecule has 48 heavy (non-hydrogen) atoms. The van der Waals surface area contributed by atoms with Crippen LogP contribution < -0.4 is 5.32 Å². The van der Waals surface area contributed by atoms with Gasteiger partial charge in [0.15, 0.2) is 5.82 Å². The third-order valence-corrected chi connectivity index (χ3v) is 9.98. The fourth-order valence-electron chi connectivity index (χ4n) is 7.05. The van der Waals surface area contributed by atoms with E-state index in [0.29, 0.717) is 49.2 Å². The van der Waals surface area contributed by atoms with Gasteiger partial charge in [0.05, 0.1) is 29.3 Å². The number of piperidine rings is 1. The van der Waals surface area contributed by atoms with E-state index in [1.54, 1.807) is 43.6 Å². The molecule has 0 radical (unpaired) electrons. The number of hydrogen-bond donors (Lipinski definition) is 3. The summed E-state index contributed by atoms with van der Waals surface area (Å²) in [5.41, 5.74) is 3.93. The molecule has 0 saturated carbocycles. The molecule has 0 aliphatic carbocycles. The summed E-state index contributed by atoms with van der Waals surface area (Å²) in [6, 6.07) is 21.7. The second-order valence-electron chi connectivity index (χ2n) is 12.9. The van der Waals surface area contributed by atoms with Gasteiger partial charge in [0.1, 0.15) is 5.82 Å². The standard InChI is InChI=1S/C37H38FN7O3/c1-24(46)37(36(48)41-30-11-12-32-31(21-30)34(43-42-32)27-7-9-29(38)10-8-27)15-20-44(23-37)22-33(47)45-18-13-26(14-19-45)25-3-5-28(6-4-25)35-39-16-2-17-40-35/h2-12,16-17,21,24,26,46H,13-15,18-20,22-23H2,1H3,(H,41,48)(H,42,43). The Hall–Kier alpha value is -5.00. The van der Waals surface area contributed by atoms with Gasteiger partial charge in [-0.2, -0.15) is 5.10 Å². The number of nitrogens with one attached hydrogen (secondary N) is 2. The van der Waals surface area contributed by atoms with Crippen LogP contribution in [0.25, 0.3) is 33.5 Å². The Morgan fingerprint density at radius 2 is 1.71 bits per heavy atom. The van der Waals surface area contributed by atoms with Gasteiger partial charge in [0.2, 0.25) is 11.8 Å². The number of benzene rings is 3. The molecule has 2 fully saturated rings. The first kappa shape index (κ1) is 31.6.